The molecule has 0 aliphatic carbocycles. The minimum atomic E-state index is -0.606. The standard InChI is InChI=1S/C10H8O5/c1-14-7-4-6(11)9(13)10-5(7)2-3-8(12)15-10/h2-4,11,13H,1H3. The Bertz CT molecular complexity index is 570. The summed E-state index contributed by atoms with van der Waals surface area (Å²) in [4.78, 5) is 10.9. The van der Waals surface area contributed by atoms with Gasteiger partial charge in [0.2, 0.25) is 5.75 Å². The number of hydrogen-bond donors (Lipinski definition) is 2. The SMILES string of the molecule is COc1cc(O)c(O)c2oc(=O)ccc12. The van der Waals surface area contributed by atoms with E-state index in [4.69, 9.17) is 9.15 Å². The summed E-state index contributed by atoms with van der Waals surface area (Å²) in [5.41, 5.74) is -0.690. The molecule has 2 N–H and O–H groups in total. The van der Waals surface area contributed by atoms with Crippen molar-refractivity contribution in [2.24, 2.45) is 0 Å². The van der Waals surface area contributed by atoms with E-state index in [-0.39, 0.29) is 5.58 Å². The maximum absolute atomic E-state index is 10.9. The molecule has 5 nitrogen and oxygen atoms in total. The van der Waals surface area contributed by atoms with Gasteiger partial charge in [-0.25, -0.2) is 4.79 Å². The van der Waals surface area contributed by atoms with Crippen LogP contribution in [0.2, 0.25) is 0 Å². The summed E-state index contributed by atoms with van der Waals surface area (Å²) in [5, 5.41) is 19.2. The fourth-order valence-electron chi connectivity index (χ4n) is 1.34. The van der Waals surface area contributed by atoms with Crippen molar-refractivity contribution in [1.29, 1.82) is 0 Å². The number of ether oxygens (including phenoxy) is 1. The normalized spacial score (nSPS) is 10.5. The van der Waals surface area contributed by atoms with Crippen LogP contribution in [-0.2, 0) is 0 Å². The molecule has 78 valence electrons. The minimum absolute atomic E-state index is 0.0839. The van der Waals surface area contributed by atoms with Crippen LogP contribution in [0.1, 0.15) is 0 Å². The van der Waals surface area contributed by atoms with E-state index in [1.165, 1.54) is 25.3 Å². The maximum atomic E-state index is 10.9. The molecule has 0 atom stereocenters. The molecule has 1 aromatic heterocycles. The van der Waals surface area contributed by atoms with Crippen molar-refractivity contribution in [1.82, 2.24) is 0 Å². The number of phenolic OH excluding ortho intramolecular Hbond substituents is 2. The Labute approximate surface area is 84.1 Å². The molecule has 0 bridgehead atoms. The molecule has 0 radical (unpaired) electrons. The van der Waals surface area contributed by atoms with Crippen LogP contribution in [0.3, 0.4) is 0 Å². The second-order valence-corrected chi connectivity index (χ2v) is 2.94. The molecule has 1 heterocycles. The first-order valence-corrected chi connectivity index (χ1v) is 4.16. The zero-order valence-corrected chi connectivity index (χ0v) is 7.85. The van der Waals surface area contributed by atoms with Gasteiger partial charge in [-0.2, -0.15) is 0 Å². The molecule has 2 aromatic rings. The number of aromatic hydroxyl groups is 2. The Hall–Kier alpha value is -2.17. The van der Waals surface area contributed by atoms with Gasteiger partial charge < -0.3 is 19.4 Å². The first-order chi connectivity index (χ1) is 7.13. The third-order valence-corrected chi connectivity index (χ3v) is 2.04. The summed E-state index contributed by atoms with van der Waals surface area (Å²) in [6.45, 7) is 0. The lowest BCUT2D eigenvalue weighted by Crippen LogP contribution is -1.96. The molecule has 0 saturated carbocycles. The molecule has 5 heteroatoms. The van der Waals surface area contributed by atoms with Gasteiger partial charge in [0, 0.05) is 12.1 Å². The summed E-state index contributed by atoms with van der Waals surface area (Å²) >= 11 is 0. The van der Waals surface area contributed by atoms with Crippen molar-refractivity contribution in [3.05, 3.63) is 28.6 Å². The number of methoxy groups -OCH3 is 1. The Morgan fingerprint density at radius 2 is 2.07 bits per heavy atom. The molecule has 0 spiro atoms. The quantitative estimate of drug-likeness (QED) is 0.544. The second-order valence-electron chi connectivity index (χ2n) is 2.94. The largest absolute Gasteiger partial charge is 0.504 e. The molecule has 0 amide bonds. The van der Waals surface area contributed by atoms with Crippen molar-refractivity contribution in [3.63, 3.8) is 0 Å². The molecular weight excluding hydrogens is 200 g/mol. The molecule has 0 saturated heterocycles. The van der Waals surface area contributed by atoms with Gasteiger partial charge in [0.25, 0.3) is 0 Å². The average molecular weight is 208 g/mol. The average Bonchev–Trinajstić information content (AvgIpc) is 2.23. The molecule has 1 aromatic carbocycles. The lowest BCUT2D eigenvalue weighted by molar-refractivity contribution is 0.384. The van der Waals surface area contributed by atoms with E-state index in [1.54, 1.807) is 0 Å². The number of fused-ring (bicyclic) bond motifs is 1. The number of rotatable bonds is 1. The molecule has 15 heavy (non-hydrogen) atoms. The summed E-state index contributed by atoms with van der Waals surface area (Å²) in [7, 11) is 1.41. The Morgan fingerprint density at radius 3 is 2.73 bits per heavy atom. The van der Waals surface area contributed by atoms with E-state index >= 15 is 0 Å². The van der Waals surface area contributed by atoms with Gasteiger partial charge in [-0.15, -0.1) is 0 Å². The van der Waals surface area contributed by atoms with Crippen molar-refractivity contribution in [2.45, 2.75) is 0 Å². The summed E-state index contributed by atoms with van der Waals surface area (Å²) < 4.78 is 9.74. The lowest BCUT2D eigenvalue weighted by atomic mass is 10.2. The molecule has 0 unspecified atom stereocenters. The van der Waals surface area contributed by atoms with Crippen LogP contribution in [-0.4, -0.2) is 17.3 Å². The highest BCUT2D eigenvalue weighted by Gasteiger charge is 2.13. The van der Waals surface area contributed by atoms with Gasteiger partial charge >= 0.3 is 5.63 Å². The first kappa shape index (κ1) is 9.39. The van der Waals surface area contributed by atoms with Crippen LogP contribution < -0.4 is 10.4 Å². The summed E-state index contributed by atoms with van der Waals surface area (Å²) in [5.74, 6) is -0.541. The predicted molar refractivity (Wildman–Crippen MR) is 52.4 cm³/mol. The van der Waals surface area contributed by atoms with E-state index in [1.807, 2.05) is 0 Å². The topological polar surface area (TPSA) is 79.9 Å². The highest BCUT2D eigenvalue weighted by molar-refractivity contribution is 5.90. The Kier molecular flexibility index (Phi) is 2.00. The fraction of sp³-hybridized carbons (Fsp3) is 0.100. The lowest BCUT2D eigenvalue weighted by Gasteiger charge is -2.06. The fourth-order valence-corrected chi connectivity index (χ4v) is 1.34. The monoisotopic (exact) mass is 208 g/mol. The third kappa shape index (κ3) is 1.38. The zero-order chi connectivity index (χ0) is 11.0. The smallest absolute Gasteiger partial charge is 0.336 e. The van der Waals surface area contributed by atoms with Gasteiger partial charge in [-0.3, -0.25) is 0 Å². The highest BCUT2D eigenvalue weighted by Crippen LogP contribution is 2.38. The summed E-state index contributed by atoms with van der Waals surface area (Å²) in [6.07, 6.45) is 0. The van der Waals surface area contributed by atoms with E-state index < -0.39 is 17.1 Å². The molecular formula is C10H8O5. The number of hydrogen-bond acceptors (Lipinski definition) is 5. The zero-order valence-electron chi connectivity index (χ0n) is 7.85. The maximum Gasteiger partial charge on any atom is 0.336 e. The van der Waals surface area contributed by atoms with E-state index in [0.29, 0.717) is 11.1 Å². The third-order valence-electron chi connectivity index (χ3n) is 2.04. The summed E-state index contributed by atoms with van der Waals surface area (Å²) in [6, 6.07) is 3.91. The molecule has 0 fully saturated rings. The van der Waals surface area contributed by atoms with Gasteiger partial charge in [0.1, 0.15) is 5.75 Å². The van der Waals surface area contributed by atoms with Crippen LogP contribution >= 0.6 is 0 Å². The van der Waals surface area contributed by atoms with Crippen LogP contribution in [0, 0.1) is 0 Å². The van der Waals surface area contributed by atoms with Crippen molar-refractivity contribution < 1.29 is 19.4 Å². The van der Waals surface area contributed by atoms with Crippen LogP contribution in [0.5, 0.6) is 17.2 Å². The van der Waals surface area contributed by atoms with Crippen molar-refractivity contribution in [2.75, 3.05) is 7.11 Å². The van der Waals surface area contributed by atoms with E-state index in [9.17, 15) is 15.0 Å². The van der Waals surface area contributed by atoms with E-state index in [0.717, 1.165) is 0 Å². The van der Waals surface area contributed by atoms with E-state index in [2.05, 4.69) is 0 Å². The molecule has 0 aliphatic heterocycles. The molecule has 2 rings (SSSR count). The molecule has 0 aliphatic rings. The van der Waals surface area contributed by atoms with Crippen molar-refractivity contribution >= 4 is 11.0 Å². The Balaban J connectivity index is 2.96. The van der Waals surface area contributed by atoms with Gasteiger partial charge in [-0.1, -0.05) is 0 Å². The highest BCUT2D eigenvalue weighted by atomic mass is 16.5. The van der Waals surface area contributed by atoms with Gasteiger partial charge in [0.05, 0.1) is 12.5 Å². The first-order valence-electron chi connectivity index (χ1n) is 4.16. The van der Waals surface area contributed by atoms with Crippen LogP contribution in [0.4, 0.5) is 0 Å². The second kappa shape index (κ2) is 3.20. The van der Waals surface area contributed by atoms with Crippen molar-refractivity contribution in [3.8, 4) is 17.2 Å². The van der Waals surface area contributed by atoms with Gasteiger partial charge in [0.15, 0.2) is 11.3 Å². The van der Waals surface area contributed by atoms with Crippen LogP contribution in [0.15, 0.2) is 27.4 Å². The Morgan fingerprint density at radius 1 is 1.33 bits per heavy atom. The predicted octanol–water partition coefficient (Wildman–Crippen LogP) is 1.21. The van der Waals surface area contributed by atoms with Gasteiger partial charge in [-0.05, 0) is 6.07 Å². The van der Waals surface area contributed by atoms with Crippen LogP contribution in [0.25, 0.3) is 11.0 Å². The number of phenols is 2. The minimum Gasteiger partial charge on any atom is -0.504 e. The number of benzene rings is 1.